The first-order valence-electron chi connectivity index (χ1n) is 5.71. The zero-order valence-electron chi connectivity index (χ0n) is 9.23. The average Bonchev–Trinajstić information content (AvgIpc) is 2.24. The fourth-order valence-corrected chi connectivity index (χ4v) is 2.54. The first-order chi connectivity index (χ1) is 7.71. The van der Waals surface area contributed by atoms with E-state index in [1.165, 1.54) is 0 Å². The van der Waals surface area contributed by atoms with Gasteiger partial charge in [0.15, 0.2) is 0 Å². The van der Waals surface area contributed by atoms with Gasteiger partial charge in [-0.05, 0) is 24.3 Å². The van der Waals surface area contributed by atoms with Crippen LogP contribution in [0.25, 0.3) is 0 Å². The minimum Gasteiger partial charge on any atom is -0.481 e. The maximum absolute atomic E-state index is 11.6. The number of hydrogen-bond acceptors (Lipinski definition) is 2. The average molecular weight is 219 g/mol. The van der Waals surface area contributed by atoms with Gasteiger partial charge in [-0.3, -0.25) is 4.79 Å². The molecule has 16 heavy (non-hydrogen) atoms. The smallest absolute Gasteiger partial charge is 0.315 e. The Morgan fingerprint density at radius 3 is 2.38 bits per heavy atom. The summed E-state index contributed by atoms with van der Waals surface area (Å²) in [4.78, 5) is 11.6. The number of carboxylic acids is 1. The van der Waals surface area contributed by atoms with Crippen LogP contribution in [0.2, 0.25) is 0 Å². The summed E-state index contributed by atoms with van der Waals surface area (Å²) >= 11 is 0. The van der Waals surface area contributed by atoms with Crippen molar-refractivity contribution in [3.05, 3.63) is 35.9 Å². The molecule has 1 unspecified atom stereocenters. The normalized spacial score (nSPS) is 19.8. The van der Waals surface area contributed by atoms with Crippen molar-refractivity contribution in [3.63, 3.8) is 0 Å². The van der Waals surface area contributed by atoms with Crippen LogP contribution in [0.3, 0.4) is 0 Å². The maximum Gasteiger partial charge on any atom is 0.315 e. The standard InChI is InChI=1S/C13H17NO2/c14-9-13(12(15)16,11-7-4-8-11)10-5-2-1-3-6-10/h1-3,5-6,11H,4,7-9,14H2,(H,15,16). The van der Waals surface area contributed by atoms with Crippen LogP contribution in [0.1, 0.15) is 24.8 Å². The number of nitrogens with two attached hydrogens (primary N) is 1. The highest BCUT2D eigenvalue weighted by molar-refractivity contribution is 5.82. The van der Waals surface area contributed by atoms with Gasteiger partial charge in [-0.2, -0.15) is 0 Å². The molecule has 0 heterocycles. The van der Waals surface area contributed by atoms with E-state index in [0.29, 0.717) is 0 Å². The summed E-state index contributed by atoms with van der Waals surface area (Å²) in [5.74, 6) is -0.594. The molecule has 1 aliphatic carbocycles. The van der Waals surface area contributed by atoms with Crippen LogP contribution in [0, 0.1) is 5.92 Å². The van der Waals surface area contributed by atoms with E-state index in [1.807, 2.05) is 30.3 Å². The lowest BCUT2D eigenvalue weighted by Gasteiger charge is -2.41. The molecule has 1 atom stereocenters. The van der Waals surface area contributed by atoms with E-state index in [1.54, 1.807) is 0 Å². The molecule has 0 amide bonds. The highest BCUT2D eigenvalue weighted by Crippen LogP contribution is 2.43. The molecule has 0 aliphatic heterocycles. The summed E-state index contributed by atoms with van der Waals surface area (Å²) in [6, 6.07) is 9.40. The Bertz CT molecular complexity index is 373. The van der Waals surface area contributed by atoms with Crippen LogP contribution >= 0.6 is 0 Å². The monoisotopic (exact) mass is 219 g/mol. The van der Waals surface area contributed by atoms with Gasteiger partial charge >= 0.3 is 5.97 Å². The van der Waals surface area contributed by atoms with Crippen molar-refractivity contribution >= 4 is 5.97 Å². The third-order valence-corrected chi connectivity index (χ3v) is 3.79. The van der Waals surface area contributed by atoms with Crippen LogP contribution in [0.5, 0.6) is 0 Å². The van der Waals surface area contributed by atoms with Gasteiger partial charge < -0.3 is 10.8 Å². The van der Waals surface area contributed by atoms with Gasteiger partial charge in [0.05, 0.1) is 0 Å². The summed E-state index contributed by atoms with van der Waals surface area (Å²) in [6.07, 6.45) is 3.06. The van der Waals surface area contributed by atoms with Gasteiger partial charge in [0, 0.05) is 6.54 Å². The minimum absolute atomic E-state index is 0.178. The van der Waals surface area contributed by atoms with Crippen LogP contribution in [0.15, 0.2) is 30.3 Å². The molecule has 0 radical (unpaired) electrons. The molecule has 0 spiro atoms. The summed E-state index contributed by atoms with van der Waals surface area (Å²) in [6.45, 7) is 0.178. The second-order valence-electron chi connectivity index (χ2n) is 4.47. The Balaban J connectivity index is 2.44. The van der Waals surface area contributed by atoms with Crippen molar-refractivity contribution in [2.24, 2.45) is 11.7 Å². The number of benzene rings is 1. The predicted octanol–water partition coefficient (Wildman–Crippen LogP) is 1.77. The van der Waals surface area contributed by atoms with E-state index in [2.05, 4.69) is 0 Å². The van der Waals surface area contributed by atoms with Crippen LogP contribution in [-0.4, -0.2) is 17.6 Å². The van der Waals surface area contributed by atoms with Gasteiger partial charge in [-0.15, -0.1) is 0 Å². The summed E-state index contributed by atoms with van der Waals surface area (Å²) in [5.41, 5.74) is 5.74. The first-order valence-corrected chi connectivity index (χ1v) is 5.71. The highest BCUT2D eigenvalue weighted by Gasteiger charge is 2.48. The molecule has 0 aromatic heterocycles. The molecule has 0 bridgehead atoms. The molecule has 1 fully saturated rings. The van der Waals surface area contributed by atoms with E-state index < -0.39 is 11.4 Å². The Labute approximate surface area is 95.3 Å². The largest absolute Gasteiger partial charge is 0.481 e. The predicted molar refractivity (Wildman–Crippen MR) is 62.2 cm³/mol. The number of rotatable bonds is 4. The van der Waals surface area contributed by atoms with Crippen LogP contribution in [0.4, 0.5) is 0 Å². The lowest BCUT2D eigenvalue weighted by Crippen LogP contribution is -2.51. The molecule has 3 nitrogen and oxygen atoms in total. The zero-order valence-corrected chi connectivity index (χ0v) is 9.23. The first kappa shape index (κ1) is 11.1. The van der Waals surface area contributed by atoms with Crippen molar-refractivity contribution in [2.45, 2.75) is 24.7 Å². The Hall–Kier alpha value is -1.35. The summed E-state index contributed by atoms with van der Waals surface area (Å²) < 4.78 is 0. The molecule has 1 aliphatic rings. The van der Waals surface area contributed by atoms with E-state index in [4.69, 9.17) is 5.73 Å². The van der Waals surface area contributed by atoms with E-state index >= 15 is 0 Å². The second kappa shape index (κ2) is 4.26. The zero-order chi connectivity index (χ0) is 11.6. The fraction of sp³-hybridized carbons (Fsp3) is 0.462. The van der Waals surface area contributed by atoms with Gasteiger partial charge in [-0.1, -0.05) is 36.8 Å². The molecule has 1 aromatic rings. The molecule has 1 saturated carbocycles. The van der Waals surface area contributed by atoms with Gasteiger partial charge in [-0.25, -0.2) is 0 Å². The lowest BCUT2D eigenvalue weighted by atomic mass is 9.62. The third-order valence-electron chi connectivity index (χ3n) is 3.79. The van der Waals surface area contributed by atoms with Gasteiger partial charge in [0.1, 0.15) is 5.41 Å². The highest BCUT2D eigenvalue weighted by atomic mass is 16.4. The lowest BCUT2D eigenvalue weighted by molar-refractivity contribution is -0.147. The van der Waals surface area contributed by atoms with Crippen LogP contribution < -0.4 is 5.73 Å². The molecule has 0 saturated heterocycles. The molecular formula is C13H17NO2. The maximum atomic E-state index is 11.6. The molecule has 2 rings (SSSR count). The third kappa shape index (κ3) is 1.52. The second-order valence-corrected chi connectivity index (χ2v) is 4.47. The Morgan fingerprint density at radius 2 is 2.00 bits per heavy atom. The number of aliphatic carboxylic acids is 1. The molecule has 86 valence electrons. The van der Waals surface area contributed by atoms with Gasteiger partial charge in [0.25, 0.3) is 0 Å². The van der Waals surface area contributed by atoms with Crippen molar-refractivity contribution in [1.29, 1.82) is 0 Å². The fourth-order valence-electron chi connectivity index (χ4n) is 2.54. The number of hydrogen-bond donors (Lipinski definition) is 2. The SMILES string of the molecule is NCC(C(=O)O)(c1ccccc1)C1CCC1. The summed E-state index contributed by atoms with van der Waals surface area (Å²) in [5, 5.41) is 9.53. The van der Waals surface area contributed by atoms with Crippen molar-refractivity contribution in [3.8, 4) is 0 Å². The van der Waals surface area contributed by atoms with Crippen LogP contribution in [-0.2, 0) is 10.2 Å². The van der Waals surface area contributed by atoms with Crippen molar-refractivity contribution in [2.75, 3.05) is 6.54 Å². The Kier molecular flexibility index (Phi) is 2.97. The molecule has 3 N–H and O–H groups in total. The van der Waals surface area contributed by atoms with E-state index in [9.17, 15) is 9.90 Å². The van der Waals surface area contributed by atoms with Crippen molar-refractivity contribution in [1.82, 2.24) is 0 Å². The number of carbonyl (C=O) groups is 1. The quantitative estimate of drug-likeness (QED) is 0.811. The number of carboxylic acid groups (broad SMARTS) is 1. The Morgan fingerprint density at radius 1 is 1.38 bits per heavy atom. The topological polar surface area (TPSA) is 63.3 Å². The molecule has 3 heteroatoms. The molecule has 1 aromatic carbocycles. The van der Waals surface area contributed by atoms with E-state index in [0.717, 1.165) is 24.8 Å². The summed E-state index contributed by atoms with van der Waals surface area (Å²) in [7, 11) is 0. The van der Waals surface area contributed by atoms with Crippen molar-refractivity contribution < 1.29 is 9.90 Å². The van der Waals surface area contributed by atoms with Gasteiger partial charge in [0.2, 0.25) is 0 Å². The minimum atomic E-state index is -0.875. The van der Waals surface area contributed by atoms with E-state index in [-0.39, 0.29) is 12.5 Å². The molecular weight excluding hydrogens is 202 g/mol.